The van der Waals surface area contributed by atoms with Crippen LogP contribution in [0.1, 0.15) is 24.1 Å². The second-order valence-corrected chi connectivity index (χ2v) is 7.17. The Morgan fingerprint density at radius 3 is 2.85 bits per heavy atom. The van der Waals surface area contributed by atoms with E-state index < -0.39 is 6.10 Å². The molecule has 2 heterocycles. The molecule has 1 aromatic carbocycles. The summed E-state index contributed by atoms with van der Waals surface area (Å²) in [5, 5.41) is 10.5. The van der Waals surface area contributed by atoms with Crippen molar-refractivity contribution in [2.24, 2.45) is 7.05 Å². The van der Waals surface area contributed by atoms with E-state index in [2.05, 4.69) is 34.8 Å². The van der Waals surface area contributed by atoms with Crippen LogP contribution in [0.3, 0.4) is 0 Å². The van der Waals surface area contributed by atoms with Crippen molar-refractivity contribution in [1.82, 2.24) is 9.47 Å². The third-order valence-corrected chi connectivity index (χ3v) is 4.92. The van der Waals surface area contributed by atoms with Gasteiger partial charge < -0.3 is 19.1 Å². The van der Waals surface area contributed by atoms with Gasteiger partial charge in [-0.3, -0.25) is 4.90 Å². The van der Waals surface area contributed by atoms with Gasteiger partial charge in [-0.2, -0.15) is 0 Å². The molecule has 0 saturated carbocycles. The number of aliphatic hydroxyl groups excluding tert-OH is 1. The Balaban J connectivity index is 1.56. The van der Waals surface area contributed by atoms with E-state index in [4.69, 9.17) is 9.47 Å². The standard InChI is InChI=1S/C21H30N2O3/c1-17-7-3-4-10-21(17)26-16-19(24)14-23(15-20-9-6-12-25-20)13-18-8-5-11-22(18)2/h3-5,7-8,10-11,19-20,24H,6,9,12-16H2,1-2H3/t19-,20-/m1/s1. The highest BCUT2D eigenvalue weighted by molar-refractivity contribution is 5.31. The van der Waals surface area contributed by atoms with Gasteiger partial charge in [0.25, 0.3) is 0 Å². The van der Waals surface area contributed by atoms with Crippen LogP contribution in [0.2, 0.25) is 0 Å². The Morgan fingerprint density at radius 2 is 2.15 bits per heavy atom. The molecule has 3 rings (SSSR count). The number of nitrogens with zero attached hydrogens (tertiary/aromatic N) is 2. The monoisotopic (exact) mass is 358 g/mol. The van der Waals surface area contributed by atoms with Crippen LogP contribution in [0.25, 0.3) is 0 Å². The number of aromatic nitrogens is 1. The summed E-state index contributed by atoms with van der Waals surface area (Å²) in [6.45, 7) is 5.36. The molecule has 1 aliphatic rings. The van der Waals surface area contributed by atoms with E-state index in [0.717, 1.165) is 43.9 Å². The summed E-state index contributed by atoms with van der Waals surface area (Å²) in [4.78, 5) is 2.27. The summed E-state index contributed by atoms with van der Waals surface area (Å²) in [6.07, 6.45) is 3.99. The summed E-state index contributed by atoms with van der Waals surface area (Å²) < 4.78 is 13.7. The van der Waals surface area contributed by atoms with Crippen molar-refractivity contribution in [1.29, 1.82) is 0 Å². The van der Waals surface area contributed by atoms with Crippen LogP contribution in [0.5, 0.6) is 5.75 Å². The Bertz CT molecular complexity index is 679. The van der Waals surface area contributed by atoms with E-state index in [1.54, 1.807) is 0 Å². The molecule has 0 amide bonds. The molecule has 1 N–H and O–H groups in total. The zero-order valence-corrected chi connectivity index (χ0v) is 15.8. The van der Waals surface area contributed by atoms with E-state index in [-0.39, 0.29) is 6.10 Å². The molecular formula is C21H30N2O3. The number of rotatable bonds is 9. The van der Waals surface area contributed by atoms with E-state index in [0.29, 0.717) is 13.2 Å². The summed E-state index contributed by atoms with van der Waals surface area (Å²) in [6, 6.07) is 12.1. The van der Waals surface area contributed by atoms with E-state index in [9.17, 15) is 5.11 Å². The first kappa shape index (κ1) is 19.0. The van der Waals surface area contributed by atoms with Crippen molar-refractivity contribution in [2.45, 2.75) is 38.5 Å². The Hall–Kier alpha value is -1.82. The van der Waals surface area contributed by atoms with Gasteiger partial charge in [0, 0.05) is 45.2 Å². The number of hydrogen-bond donors (Lipinski definition) is 1. The second-order valence-electron chi connectivity index (χ2n) is 7.17. The fraction of sp³-hybridized carbons (Fsp3) is 0.524. The van der Waals surface area contributed by atoms with Gasteiger partial charge in [0.05, 0.1) is 6.10 Å². The number of ether oxygens (including phenoxy) is 2. The quantitative estimate of drug-likeness (QED) is 0.749. The highest BCUT2D eigenvalue weighted by Gasteiger charge is 2.22. The van der Waals surface area contributed by atoms with Gasteiger partial charge in [0.1, 0.15) is 18.5 Å². The third-order valence-electron chi connectivity index (χ3n) is 4.92. The van der Waals surface area contributed by atoms with Crippen molar-refractivity contribution >= 4 is 0 Å². The topological polar surface area (TPSA) is 46.9 Å². The first-order valence-electron chi connectivity index (χ1n) is 9.42. The Morgan fingerprint density at radius 1 is 1.31 bits per heavy atom. The molecule has 1 aromatic heterocycles. The lowest BCUT2D eigenvalue weighted by molar-refractivity contribution is 0.0305. The van der Waals surface area contributed by atoms with Crippen LogP contribution < -0.4 is 4.74 Å². The fourth-order valence-corrected chi connectivity index (χ4v) is 3.42. The van der Waals surface area contributed by atoms with Crippen LogP contribution in [-0.4, -0.2) is 53.1 Å². The highest BCUT2D eigenvalue weighted by Crippen LogP contribution is 2.18. The summed E-state index contributed by atoms with van der Waals surface area (Å²) in [5.41, 5.74) is 2.31. The predicted molar refractivity (Wildman–Crippen MR) is 102 cm³/mol. The van der Waals surface area contributed by atoms with Gasteiger partial charge in [-0.25, -0.2) is 0 Å². The molecule has 0 bridgehead atoms. The highest BCUT2D eigenvalue weighted by atomic mass is 16.5. The van der Waals surface area contributed by atoms with Gasteiger partial charge >= 0.3 is 0 Å². The maximum Gasteiger partial charge on any atom is 0.122 e. The molecule has 26 heavy (non-hydrogen) atoms. The molecule has 1 fully saturated rings. The Kier molecular flexibility index (Phi) is 6.72. The number of para-hydroxylation sites is 1. The molecule has 1 saturated heterocycles. The minimum atomic E-state index is -0.545. The number of aliphatic hydroxyl groups is 1. The fourth-order valence-electron chi connectivity index (χ4n) is 3.42. The first-order valence-corrected chi connectivity index (χ1v) is 9.42. The molecule has 2 aromatic rings. The molecule has 0 aliphatic carbocycles. The van der Waals surface area contributed by atoms with Crippen LogP contribution in [0.4, 0.5) is 0 Å². The smallest absolute Gasteiger partial charge is 0.122 e. The molecule has 5 nitrogen and oxygen atoms in total. The van der Waals surface area contributed by atoms with Crippen molar-refractivity contribution in [2.75, 3.05) is 26.3 Å². The van der Waals surface area contributed by atoms with Gasteiger partial charge in [-0.1, -0.05) is 18.2 Å². The van der Waals surface area contributed by atoms with Crippen LogP contribution in [-0.2, 0) is 18.3 Å². The SMILES string of the molecule is Cc1ccccc1OC[C@H](O)CN(Cc1cccn1C)C[C@H]1CCCO1. The zero-order chi connectivity index (χ0) is 18.4. The van der Waals surface area contributed by atoms with Gasteiger partial charge in [-0.15, -0.1) is 0 Å². The lowest BCUT2D eigenvalue weighted by Gasteiger charge is -2.27. The largest absolute Gasteiger partial charge is 0.491 e. The lowest BCUT2D eigenvalue weighted by atomic mass is 10.2. The third kappa shape index (κ3) is 5.34. The normalized spacial score (nSPS) is 18.4. The van der Waals surface area contributed by atoms with Crippen LogP contribution in [0.15, 0.2) is 42.6 Å². The van der Waals surface area contributed by atoms with Crippen molar-refractivity contribution < 1.29 is 14.6 Å². The number of hydrogen-bond acceptors (Lipinski definition) is 4. The maximum atomic E-state index is 10.5. The van der Waals surface area contributed by atoms with Gasteiger partial charge in [-0.05, 0) is 43.5 Å². The number of aryl methyl sites for hydroxylation is 2. The summed E-state index contributed by atoms with van der Waals surface area (Å²) in [5.74, 6) is 0.833. The summed E-state index contributed by atoms with van der Waals surface area (Å²) >= 11 is 0. The molecule has 142 valence electrons. The molecule has 0 unspecified atom stereocenters. The number of benzene rings is 1. The Labute approximate surface area is 156 Å². The average molecular weight is 358 g/mol. The minimum absolute atomic E-state index is 0.264. The molecule has 0 radical (unpaired) electrons. The van der Waals surface area contributed by atoms with Crippen molar-refractivity contribution in [3.63, 3.8) is 0 Å². The lowest BCUT2D eigenvalue weighted by Crippen LogP contribution is -2.39. The second kappa shape index (κ2) is 9.21. The van der Waals surface area contributed by atoms with Crippen molar-refractivity contribution in [3.05, 3.63) is 53.9 Å². The van der Waals surface area contributed by atoms with E-state index in [1.165, 1.54) is 5.69 Å². The average Bonchev–Trinajstić information content (AvgIpc) is 3.26. The van der Waals surface area contributed by atoms with Gasteiger partial charge in [0.2, 0.25) is 0 Å². The first-order chi connectivity index (χ1) is 12.6. The summed E-state index contributed by atoms with van der Waals surface area (Å²) in [7, 11) is 2.05. The van der Waals surface area contributed by atoms with Crippen LogP contribution >= 0.6 is 0 Å². The van der Waals surface area contributed by atoms with E-state index >= 15 is 0 Å². The van der Waals surface area contributed by atoms with E-state index in [1.807, 2.05) is 31.2 Å². The predicted octanol–water partition coefficient (Wildman–Crippen LogP) is 2.75. The minimum Gasteiger partial charge on any atom is -0.491 e. The maximum absolute atomic E-state index is 10.5. The molecule has 0 spiro atoms. The zero-order valence-electron chi connectivity index (χ0n) is 15.8. The van der Waals surface area contributed by atoms with Crippen molar-refractivity contribution in [3.8, 4) is 5.75 Å². The molecule has 5 heteroatoms. The molecule has 1 aliphatic heterocycles. The van der Waals surface area contributed by atoms with Gasteiger partial charge in [0.15, 0.2) is 0 Å². The van der Waals surface area contributed by atoms with Crippen LogP contribution in [0, 0.1) is 6.92 Å². The molecular weight excluding hydrogens is 328 g/mol. The molecule has 2 atom stereocenters.